The molecular weight excluding hydrogens is 358 g/mol. The van der Waals surface area contributed by atoms with Crippen molar-refractivity contribution in [3.63, 3.8) is 0 Å². The van der Waals surface area contributed by atoms with Crippen molar-refractivity contribution in [2.75, 3.05) is 6.26 Å². The van der Waals surface area contributed by atoms with Gasteiger partial charge in [0, 0.05) is 17.3 Å². The highest BCUT2D eigenvalue weighted by Crippen LogP contribution is 2.40. The molecule has 0 aliphatic carbocycles. The van der Waals surface area contributed by atoms with E-state index in [1.807, 2.05) is 13.2 Å². The molecule has 0 saturated heterocycles. The first-order valence-corrected chi connectivity index (χ1v) is 12.6. The summed E-state index contributed by atoms with van der Waals surface area (Å²) in [4.78, 5) is 24.1. The van der Waals surface area contributed by atoms with Gasteiger partial charge >= 0.3 is 0 Å². The van der Waals surface area contributed by atoms with Gasteiger partial charge in [-0.1, -0.05) is 59.2 Å². The summed E-state index contributed by atoms with van der Waals surface area (Å²) >= 11 is 1.46. The van der Waals surface area contributed by atoms with Gasteiger partial charge in [-0.2, -0.15) is 0 Å². The van der Waals surface area contributed by atoms with Crippen molar-refractivity contribution in [2.45, 2.75) is 70.2 Å². The zero-order chi connectivity index (χ0) is 19.6. The summed E-state index contributed by atoms with van der Waals surface area (Å²) in [6.45, 7) is 15.6. The first kappa shape index (κ1) is 20.7. The number of H-pyrrole nitrogens is 1. The minimum absolute atomic E-state index is 0.126. The van der Waals surface area contributed by atoms with E-state index in [-0.39, 0.29) is 5.56 Å². The standard InChI is InChI=1S/C20H29N3OSSi/c1-12(2)26(13(3)4,14(5)6)10-9-16-15(7)19(24)22-18-17(16)11-21-20(23-18)25-8/h11-14H,1-8H3,(H,21,22,23,24). The molecule has 2 heterocycles. The highest BCUT2D eigenvalue weighted by Gasteiger charge is 2.41. The average molecular weight is 388 g/mol. The van der Waals surface area contributed by atoms with E-state index < -0.39 is 8.07 Å². The summed E-state index contributed by atoms with van der Waals surface area (Å²) < 4.78 is 0. The summed E-state index contributed by atoms with van der Waals surface area (Å²) in [6.07, 6.45) is 3.70. The molecule has 2 rings (SSSR count). The van der Waals surface area contributed by atoms with Crippen LogP contribution in [0.1, 0.15) is 52.7 Å². The van der Waals surface area contributed by atoms with Gasteiger partial charge in [0.15, 0.2) is 5.16 Å². The van der Waals surface area contributed by atoms with E-state index in [2.05, 4.69) is 68.0 Å². The topological polar surface area (TPSA) is 58.6 Å². The third kappa shape index (κ3) is 3.60. The maximum Gasteiger partial charge on any atom is 0.253 e. The van der Waals surface area contributed by atoms with Crippen molar-refractivity contribution in [2.24, 2.45) is 0 Å². The zero-order valence-corrected chi connectivity index (χ0v) is 18.8. The van der Waals surface area contributed by atoms with E-state index >= 15 is 0 Å². The Morgan fingerprint density at radius 1 is 1.12 bits per heavy atom. The molecule has 0 saturated carbocycles. The monoisotopic (exact) mass is 387 g/mol. The molecule has 140 valence electrons. The van der Waals surface area contributed by atoms with Gasteiger partial charge in [-0.05, 0) is 29.8 Å². The fourth-order valence-corrected chi connectivity index (χ4v) is 9.57. The Kier molecular flexibility index (Phi) is 6.36. The van der Waals surface area contributed by atoms with Crippen LogP contribution in [0.3, 0.4) is 0 Å². The number of hydrogen-bond acceptors (Lipinski definition) is 4. The molecule has 0 radical (unpaired) electrons. The fourth-order valence-electron chi connectivity index (χ4n) is 4.02. The molecule has 0 amide bonds. The molecule has 0 aliphatic rings. The van der Waals surface area contributed by atoms with Gasteiger partial charge in [0.25, 0.3) is 5.56 Å². The minimum atomic E-state index is -1.87. The lowest BCUT2D eigenvalue weighted by atomic mass is 10.1. The molecule has 0 aliphatic heterocycles. The molecule has 6 heteroatoms. The maximum atomic E-state index is 12.4. The van der Waals surface area contributed by atoms with Gasteiger partial charge in [0.1, 0.15) is 13.7 Å². The SMILES string of the molecule is CSc1ncc2c(C#C[Si](C(C)C)(C(C)C)C(C)C)c(C)c(=O)[nH]c2n1. The number of aromatic amines is 1. The van der Waals surface area contributed by atoms with Gasteiger partial charge in [-0.25, -0.2) is 9.97 Å². The number of pyridine rings is 1. The molecular formula is C20H29N3OSSi. The highest BCUT2D eigenvalue weighted by atomic mass is 32.2. The molecule has 2 aromatic rings. The molecule has 0 aromatic carbocycles. The lowest BCUT2D eigenvalue weighted by Gasteiger charge is -2.38. The number of rotatable bonds is 4. The maximum absolute atomic E-state index is 12.4. The molecule has 0 unspecified atom stereocenters. The Labute approximate surface area is 161 Å². The molecule has 0 atom stereocenters. The summed E-state index contributed by atoms with van der Waals surface area (Å²) in [5, 5.41) is 1.47. The average Bonchev–Trinajstić information content (AvgIpc) is 2.56. The Balaban J connectivity index is 2.77. The minimum Gasteiger partial charge on any atom is -0.306 e. The van der Waals surface area contributed by atoms with E-state index in [4.69, 9.17) is 0 Å². The van der Waals surface area contributed by atoms with Crippen molar-refractivity contribution in [3.05, 3.63) is 27.7 Å². The molecule has 0 spiro atoms. The summed E-state index contributed by atoms with van der Waals surface area (Å²) in [5.74, 6) is 3.42. The fraction of sp³-hybridized carbons (Fsp3) is 0.550. The second kappa shape index (κ2) is 7.97. The smallest absolute Gasteiger partial charge is 0.253 e. The van der Waals surface area contributed by atoms with E-state index in [9.17, 15) is 4.79 Å². The third-order valence-electron chi connectivity index (χ3n) is 5.44. The largest absolute Gasteiger partial charge is 0.306 e. The van der Waals surface area contributed by atoms with Crippen LogP contribution in [-0.4, -0.2) is 29.3 Å². The molecule has 4 nitrogen and oxygen atoms in total. The number of hydrogen-bond donors (Lipinski definition) is 1. The second-order valence-corrected chi connectivity index (χ2v) is 14.1. The predicted molar refractivity (Wildman–Crippen MR) is 115 cm³/mol. The van der Waals surface area contributed by atoms with Gasteiger partial charge in [-0.15, -0.1) is 5.54 Å². The Morgan fingerprint density at radius 2 is 1.69 bits per heavy atom. The number of nitrogens with zero attached hydrogens (tertiary/aromatic N) is 2. The number of fused-ring (bicyclic) bond motifs is 1. The Bertz CT molecular complexity index is 900. The van der Waals surface area contributed by atoms with Crippen LogP contribution in [0.15, 0.2) is 16.1 Å². The van der Waals surface area contributed by atoms with Crippen molar-refractivity contribution < 1.29 is 0 Å². The van der Waals surface area contributed by atoms with Crippen molar-refractivity contribution >= 4 is 30.9 Å². The third-order valence-corrected chi connectivity index (χ3v) is 12.3. The first-order valence-electron chi connectivity index (χ1n) is 9.11. The van der Waals surface area contributed by atoms with Gasteiger partial charge in [0.05, 0.1) is 5.39 Å². The van der Waals surface area contributed by atoms with Gasteiger partial charge in [-0.3, -0.25) is 4.79 Å². The van der Waals surface area contributed by atoms with Crippen LogP contribution >= 0.6 is 11.8 Å². The first-order chi connectivity index (χ1) is 12.1. The van der Waals surface area contributed by atoms with Crippen LogP contribution in [0.2, 0.25) is 16.6 Å². The highest BCUT2D eigenvalue weighted by molar-refractivity contribution is 7.98. The van der Waals surface area contributed by atoms with E-state index in [0.29, 0.717) is 33.0 Å². The quantitative estimate of drug-likeness (QED) is 0.350. The second-order valence-electron chi connectivity index (χ2n) is 7.72. The lowest BCUT2D eigenvalue weighted by molar-refractivity contribution is 0.838. The molecule has 1 N–H and O–H groups in total. The lowest BCUT2D eigenvalue weighted by Crippen LogP contribution is -2.43. The zero-order valence-electron chi connectivity index (χ0n) is 17.0. The van der Waals surface area contributed by atoms with Gasteiger partial charge < -0.3 is 4.98 Å². The Morgan fingerprint density at radius 3 is 2.19 bits per heavy atom. The molecule has 0 bridgehead atoms. The number of nitrogens with one attached hydrogen (secondary N) is 1. The molecule has 2 aromatic heterocycles. The van der Waals surface area contributed by atoms with Crippen LogP contribution in [0.4, 0.5) is 0 Å². The van der Waals surface area contributed by atoms with E-state index in [1.54, 1.807) is 6.20 Å². The predicted octanol–water partition coefficient (Wildman–Crippen LogP) is 4.92. The van der Waals surface area contributed by atoms with E-state index in [0.717, 1.165) is 10.9 Å². The van der Waals surface area contributed by atoms with Crippen LogP contribution in [0, 0.1) is 18.4 Å². The van der Waals surface area contributed by atoms with Crippen LogP contribution in [-0.2, 0) is 0 Å². The normalized spacial score (nSPS) is 12.1. The summed E-state index contributed by atoms with van der Waals surface area (Å²) in [5.41, 5.74) is 7.20. The van der Waals surface area contributed by atoms with Crippen LogP contribution < -0.4 is 5.56 Å². The molecule has 0 fully saturated rings. The summed E-state index contributed by atoms with van der Waals surface area (Å²) in [6, 6.07) is 0. The van der Waals surface area contributed by atoms with Gasteiger partial charge in [0.2, 0.25) is 0 Å². The Hall–Kier alpha value is -1.58. The summed E-state index contributed by atoms with van der Waals surface area (Å²) in [7, 11) is -1.87. The van der Waals surface area contributed by atoms with Crippen molar-refractivity contribution in [1.82, 2.24) is 15.0 Å². The van der Waals surface area contributed by atoms with Crippen LogP contribution in [0.25, 0.3) is 11.0 Å². The van der Waals surface area contributed by atoms with Crippen molar-refractivity contribution in [3.8, 4) is 11.5 Å². The van der Waals surface area contributed by atoms with E-state index in [1.165, 1.54) is 11.8 Å². The molecule has 26 heavy (non-hydrogen) atoms. The number of thioether (sulfide) groups is 1. The van der Waals surface area contributed by atoms with Crippen LogP contribution in [0.5, 0.6) is 0 Å². The van der Waals surface area contributed by atoms with Crippen molar-refractivity contribution in [1.29, 1.82) is 0 Å². The number of aromatic nitrogens is 3.